The van der Waals surface area contributed by atoms with Crippen molar-refractivity contribution in [2.24, 2.45) is 5.92 Å². The molecular weight excluding hydrogens is 314 g/mol. The van der Waals surface area contributed by atoms with E-state index in [2.05, 4.69) is 21.3 Å². The lowest BCUT2D eigenvalue weighted by Gasteiger charge is -2.32. The summed E-state index contributed by atoms with van der Waals surface area (Å²) in [6.45, 7) is 8.77. The second-order valence-electron chi connectivity index (χ2n) is 7.27. The lowest BCUT2D eigenvalue weighted by Crippen LogP contribution is -2.40. The van der Waals surface area contributed by atoms with E-state index in [9.17, 15) is 4.79 Å². The number of hydrogen-bond donors (Lipinski definition) is 3. The number of aromatic amines is 1. The molecular formula is C20H29N3O2. The van der Waals surface area contributed by atoms with Gasteiger partial charge in [-0.15, -0.1) is 0 Å². The van der Waals surface area contributed by atoms with Crippen molar-refractivity contribution < 1.29 is 5.11 Å². The summed E-state index contributed by atoms with van der Waals surface area (Å²) in [5, 5.41) is 13.4. The maximum atomic E-state index is 12.5. The number of aryl methyl sites for hydroxylation is 2. The molecule has 1 aliphatic heterocycles. The van der Waals surface area contributed by atoms with E-state index < -0.39 is 0 Å². The molecule has 3 N–H and O–H groups in total. The maximum absolute atomic E-state index is 12.5. The number of likely N-dealkylation sites (tertiary alicyclic amines) is 1. The van der Waals surface area contributed by atoms with Gasteiger partial charge in [0, 0.05) is 36.8 Å². The van der Waals surface area contributed by atoms with Crippen molar-refractivity contribution in [3.05, 3.63) is 45.2 Å². The highest BCUT2D eigenvalue weighted by atomic mass is 16.3. The molecule has 5 nitrogen and oxygen atoms in total. The van der Waals surface area contributed by atoms with Crippen LogP contribution in [0.25, 0.3) is 10.9 Å². The van der Waals surface area contributed by atoms with Gasteiger partial charge in [-0.05, 0) is 56.8 Å². The van der Waals surface area contributed by atoms with Gasteiger partial charge in [0.15, 0.2) is 5.43 Å². The fourth-order valence-corrected chi connectivity index (χ4v) is 3.89. The first-order valence-corrected chi connectivity index (χ1v) is 9.24. The van der Waals surface area contributed by atoms with Gasteiger partial charge < -0.3 is 20.3 Å². The summed E-state index contributed by atoms with van der Waals surface area (Å²) in [5.74, 6) is 0.608. The molecule has 1 aliphatic rings. The first kappa shape index (κ1) is 18.1. The van der Waals surface area contributed by atoms with Crippen LogP contribution in [0.2, 0.25) is 0 Å². The number of H-pyrrole nitrogens is 1. The van der Waals surface area contributed by atoms with E-state index in [1.54, 1.807) is 6.07 Å². The molecule has 0 amide bonds. The van der Waals surface area contributed by atoms with Crippen molar-refractivity contribution in [2.75, 3.05) is 32.8 Å². The number of nitrogens with zero attached hydrogens (tertiary/aromatic N) is 1. The van der Waals surface area contributed by atoms with Crippen molar-refractivity contribution in [1.29, 1.82) is 0 Å². The molecule has 0 aliphatic carbocycles. The fraction of sp³-hybridized carbons (Fsp3) is 0.550. The van der Waals surface area contributed by atoms with Gasteiger partial charge in [0.25, 0.3) is 0 Å². The minimum atomic E-state index is 0.0959. The Morgan fingerprint density at radius 3 is 2.92 bits per heavy atom. The predicted molar refractivity (Wildman–Crippen MR) is 102 cm³/mol. The molecule has 3 rings (SSSR count). The number of aliphatic hydroxyl groups is 1. The number of benzene rings is 1. The molecule has 2 aromatic rings. The van der Waals surface area contributed by atoms with Crippen molar-refractivity contribution in [3.63, 3.8) is 0 Å². The summed E-state index contributed by atoms with van der Waals surface area (Å²) >= 11 is 0. The monoisotopic (exact) mass is 343 g/mol. The number of hydrogen-bond acceptors (Lipinski definition) is 4. The molecule has 0 radical (unpaired) electrons. The van der Waals surface area contributed by atoms with Crippen LogP contribution in [-0.2, 0) is 6.54 Å². The van der Waals surface area contributed by atoms with Gasteiger partial charge in [0.05, 0.1) is 12.1 Å². The van der Waals surface area contributed by atoms with Gasteiger partial charge in [0.1, 0.15) is 0 Å². The number of nitrogens with one attached hydrogen (secondary N) is 2. The summed E-state index contributed by atoms with van der Waals surface area (Å²) in [4.78, 5) is 18.2. The Bertz CT molecular complexity index is 782. The van der Waals surface area contributed by atoms with Crippen molar-refractivity contribution in [3.8, 4) is 0 Å². The SMILES string of the molecule is Cc1ccc(C)c2c(=O)cc(CNC[C@H]3CCCN(CCO)C3)[nH]c12. The predicted octanol–water partition coefficient (Wildman–Crippen LogP) is 1.94. The topological polar surface area (TPSA) is 68.4 Å². The van der Waals surface area contributed by atoms with Gasteiger partial charge >= 0.3 is 0 Å². The Kier molecular flexibility index (Phi) is 5.89. The Labute approximate surface area is 149 Å². The zero-order chi connectivity index (χ0) is 17.8. The minimum Gasteiger partial charge on any atom is -0.395 e. The normalized spacial score (nSPS) is 18.8. The van der Waals surface area contributed by atoms with Crippen molar-refractivity contribution in [2.45, 2.75) is 33.2 Å². The van der Waals surface area contributed by atoms with Crippen LogP contribution < -0.4 is 10.7 Å². The molecule has 1 aromatic heterocycles. The molecule has 25 heavy (non-hydrogen) atoms. The van der Waals surface area contributed by atoms with Gasteiger partial charge in [-0.2, -0.15) is 0 Å². The molecule has 136 valence electrons. The Hall–Kier alpha value is -1.69. The summed E-state index contributed by atoms with van der Waals surface area (Å²) in [6, 6.07) is 5.79. The van der Waals surface area contributed by atoms with Crippen LogP contribution in [0.4, 0.5) is 0 Å². The summed E-state index contributed by atoms with van der Waals surface area (Å²) in [6.07, 6.45) is 2.42. The highest BCUT2D eigenvalue weighted by Crippen LogP contribution is 2.18. The van der Waals surface area contributed by atoms with Crippen molar-refractivity contribution in [1.82, 2.24) is 15.2 Å². The van der Waals surface area contributed by atoms with Crippen LogP contribution in [-0.4, -0.2) is 47.8 Å². The van der Waals surface area contributed by atoms with Gasteiger partial charge in [-0.3, -0.25) is 4.79 Å². The van der Waals surface area contributed by atoms with E-state index in [0.717, 1.165) is 53.9 Å². The molecule has 0 saturated carbocycles. The number of pyridine rings is 1. The first-order chi connectivity index (χ1) is 12.1. The molecule has 1 fully saturated rings. The third kappa shape index (κ3) is 4.29. The lowest BCUT2D eigenvalue weighted by atomic mass is 9.98. The fourth-order valence-electron chi connectivity index (χ4n) is 3.89. The van der Waals surface area contributed by atoms with E-state index in [-0.39, 0.29) is 12.0 Å². The number of piperidine rings is 1. The number of fused-ring (bicyclic) bond motifs is 1. The Morgan fingerprint density at radius 1 is 1.32 bits per heavy atom. The molecule has 1 saturated heterocycles. The zero-order valence-electron chi connectivity index (χ0n) is 15.3. The lowest BCUT2D eigenvalue weighted by molar-refractivity contribution is 0.139. The minimum absolute atomic E-state index is 0.0959. The largest absolute Gasteiger partial charge is 0.395 e. The Morgan fingerprint density at radius 2 is 2.12 bits per heavy atom. The second kappa shape index (κ2) is 8.13. The summed E-state index contributed by atoms with van der Waals surface area (Å²) in [5.41, 5.74) is 4.11. The van der Waals surface area contributed by atoms with E-state index in [1.807, 2.05) is 19.9 Å². The van der Waals surface area contributed by atoms with Crippen LogP contribution >= 0.6 is 0 Å². The van der Waals surface area contributed by atoms with Gasteiger partial charge in [-0.25, -0.2) is 0 Å². The highest BCUT2D eigenvalue weighted by Gasteiger charge is 2.19. The number of β-amino-alcohol motifs (C(OH)–C–C–N with tert-alkyl or cyclic N) is 1. The quantitative estimate of drug-likeness (QED) is 0.750. The maximum Gasteiger partial charge on any atom is 0.189 e. The second-order valence-corrected chi connectivity index (χ2v) is 7.27. The number of aromatic nitrogens is 1. The zero-order valence-corrected chi connectivity index (χ0v) is 15.3. The molecule has 2 heterocycles. The van der Waals surface area contributed by atoms with Crippen LogP contribution in [0.15, 0.2) is 23.0 Å². The third-order valence-electron chi connectivity index (χ3n) is 5.23. The summed E-state index contributed by atoms with van der Waals surface area (Å²) < 4.78 is 0. The van der Waals surface area contributed by atoms with Gasteiger partial charge in [-0.1, -0.05) is 12.1 Å². The van der Waals surface area contributed by atoms with E-state index in [1.165, 1.54) is 12.8 Å². The standard InChI is InChI=1S/C20H29N3O2/c1-14-5-6-15(2)20-19(14)18(25)10-17(22-20)12-21-11-16-4-3-7-23(13-16)8-9-24/h5-6,10,16,21,24H,3-4,7-9,11-13H2,1-2H3,(H,22,25)/t16-/m1/s1. The smallest absolute Gasteiger partial charge is 0.189 e. The van der Waals surface area contributed by atoms with Crippen LogP contribution in [0.1, 0.15) is 29.7 Å². The average molecular weight is 343 g/mol. The molecule has 0 bridgehead atoms. The number of rotatable bonds is 6. The number of aliphatic hydroxyl groups excluding tert-OH is 1. The molecule has 5 heteroatoms. The van der Waals surface area contributed by atoms with Gasteiger partial charge in [0.2, 0.25) is 0 Å². The Balaban J connectivity index is 1.64. The summed E-state index contributed by atoms with van der Waals surface area (Å²) in [7, 11) is 0. The van der Waals surface area contributed by atoms with E-state index >= 15 is 0 Å². The van der Waals surface area contributed by atoms with Crippen LogP contribution in [0.5, 0.6) is 0 Å². The van der Waals surface area contributed by atoms with Crippen molar-refractivity contribution >= 4 is 10.9 Å². The first-order valence-electron chi connectivity index (χ1n) is 9.24. The highest BCUT2D eigenvalue weighted by molar-refractivity contribution is 5.84. The molecule has 1 atom stereocenters. The third-order valence-corrected chi connectivity index (χ3v) is 5.23. The van der Waals surface area contributed by atoms with E-state index in [4.69, 9.17) is 5.11 Å². The van der Waals surface area contributed by atoms with Crippen LogP contribution in [0.3, 0.4) is 0 Å². The van der Waals surface area contributed by atoms with Crippen LogP contribution in [0, 0.1) is 19.8 Å². The average Bonchev–Trinajstić information content (AvgIpc) is 2.59. The molecule has 0 spiro atoms. The molecule has 1 aromatic carbocycles. The molecule has 0 unspecified atom stereocenters. The van der Waals surface area contributed by atoms with E-state index in [0.29, 0.717) is 12.5 Å².